The lowest BCUT2D eigenvalue weighted by molar-refractivity contribution is 0.584. The Balaban J connectivity index is 2.40. The number of aromatic nitrogens is 2. The van der Waals surface area contributed by atoms with Gasteiger partial charge < -0.3 is 5.32 Å². The number of aryl methyl sites for hydroxylation is 1. The molecular formula is C15H18ClN3. The number of hydrogen-bond donors (Lipinski definition) is 1. The summed E-state index contributed by atoms with van der Waals surface area (Å²) in [4.78, 5) is 8.54. The zero-order valence-electron chi connectivity index (χ0n) is 11.2. The molecule has 0 fully saturated rings. The number of halogens is 1. The Bertz CT molecular complexity index is 528. The second-order valence-corrected chi connectivity index (χ2v) is 4.87. The maximum atomic E-state index is 6.43. The molecule has 0 saturated carbocycles. The molecule has 0 aliphatic heterocycles. The molecule has 0 amide bonds. The molecule has 100 valence electrons. The first-order valence-corrected chi connectivity index (χ1v) is 6.86. The number of nitrogens with one attached hydrogen (secondary N) is 1. The molecule has 0 bridgehead atoms. The SMILES string of the molecule is CCCNC(c1cnccn1)c1cccc(C)c1Cl. The van der Waals surface area contributed by atoms with E-state index in [2.05, 4.69) is 22.2 Å². The Labute approximate surface area is 119 Å². The smallest absolute Gasteiger partial charge is 0.0802 e. The van der Waals surface area contributed by atoms with Crippen LogP contribution in [0, 0.1) is 6.92 Å². The van der Waals surface area contributed by atoms with Gasteiger partial charge in [-0.2, -0.15) is 0 Å². The summed E-state index contributed by atoms with van der Waals surface area (Å²) in [6.07, 6.45) is 6.23. The minimum absolute atomic E-state index is 0.0129. The van der Waals surface area contributed by atoms with Crippen molar-refractivity contribution in [1.29, 1.82) is 0 Å². The molecule has 0 aliphatic carbocycles. The van der Waals surface area contributed by atoms with E-state index in [0.29, 0.717) is 0 Å². The highest BCUT2D eigenvalue weighted by Crippen LogP contribution is 2.29. The molecular weight excluding hydrogens is 258 g/mol. The van der Waals surface area contributed by atoms with Gasteiger partial charge in [0, 0.05) is 17.4 Å². The van der Waals surface area contributed by atoms with Crippen molar-refractivity contribution in [3.8, 4) is 0 Å². The summed E-state index contributed by atoms with van der Waals surface area (Å²) >= 11 is 6.43. The lowest BCUT2D eigenvalue weighted by Gasteiger charge is -2.20. The van der Waals surface area contributed by atoms with Crippen molar-refractivity contribution in [2.24, 2.45) is 0 Å². The van der Waals surface area contributed by atoms with Gasteiger partial charge in [0.15, 0.2) is 0 Å². The standard InChI is InChI=1S/C15H18ClN3/c1-3-7-19-15(13-10-17-8-9-18-13)12-6-4-5-11(2)14(12)16/h4-6,8-10,15,19H,3,7H2,1-2H3. The van der Waals surface area contributed by atoms with Crippen LogP contribution in [0.3, 0.4) is 0 Å². The molecule has 3 nitrogen and oxygen atoms in total. The fraction of sp³-hybridized carbons (Fsp3) is 0.333. The maximum Gasteiger partial charge on any atom is 0.0802 e. The van der Waals surface area contributed by atoms with Gasteiger partial charge in [0.1, 0.15) is 0 Å². The van der Waals surface area contributed by atoms with Gasteiger partial charge in [-0.15, -0.1) is 0 Å². The Kier molecular flexibility index (Phi) is 4.88. The van der Waals surface area contributed by atoms with E-state index in [9.17, 15) is 0 Å². The van der Waals surface area contributed by atoms with E-state index in [1.807, 2.05) is 25.1 Å². The average molecular weight is 276 g/mol. The van der Waals surface area contributed by atoms with Crippen LogP contribution in [0.1, 0.15) is 36.2 Å². The molecule has 2 aromatic rings. The van der Waals surface area contributed by atoms with Crippen molar-refractivity contribution < 1.29 is 0 Å². The first-order chi connectivity index (χ1) is 9.24. The summed E-state index contributed by atoms with van der Waals surface area (Å²) in [5.41, 5.74) is 3.02. The third kappa shape index (κ3) is 3.31. The fourth-order valence-corrected chi connectivity index (χ4v) is 2.25. The van der Waals surface area contributed by atoms with Crippen LogP contribution in [-0.4, -0.2) is 16.5 Å². The Morgan fingerprint density at radius 3 is 2.84 bits per heavy atom. The highest BCUT2D eigenvalue weighted by atomic mass is 35.5. The van der Waals surface area contributed by atoms with Crippen molar-refractivity contribution in [3.63, 3.8) is 0 Å². The van der Waals surface area contributed by atoms with Crippen LogP contribution in [0.5, 0.6) is 0 Å². The third-order valence-electron chi connectivity index (χ3n) is 3.01. The quantitative estimate of drug-likeness (QED) is 0.907. The van der Waals surface area contributed by atoms with Crippen LogP contribution < -0.4 is 5.32 Å². The molecule has 1 heterocycles. The molecule has 4 heteroatoms. The lowest BCUT2D eigenvalue weighted by Crippen LogP contribution is -2.24. The summed E-state index contributed by atoms with van der Waals surface area (Å²) < 4.78 is 0. The van der Waals surface area contributed by atoms with Gasteiger partial charge in [-0.25, -0.2) is 0 Å². The molecule has 19 heavy (non-hydrogen) atoms. The van der Waals surface area contributed by atoms with Gasteiger partial charge in [0.05, 0.1) is 17.9 Å². The van der Waals surface area contributed by atoms with Crippen LogP contribution in [0.25, 0.3) is 0 Å². The molecule has 1 aromatic heterocycles. The van der Waals surface area contributed by atoms with Gasteiger partial charge in [-0.1, -0.05) is 36.7 Å². The largest absolute Gasteiger partial charge is 0.305 e. The van der Waals surface area contributed by atoms with Crippen LogP contribution in [0.4, 0.5) is 0 Å². The zero-order valence-corrected chi connectivity index (χ0v) is 12.0. The average Bonchev–Trinajstić information content (AvgIpc) is 2.45. The fourth-order valence-electron chi connectivity index (χ4n) is 2.02. The molecule has 0 radical (unpaired) electrons. The number of hydrogen-bond acceptors (Lipinski definition) is 3. The van der Waals surface area contributed by atoms with E-state index in [1.54, 1.807) is 18.6 Å². The monoisotopic (exact) mass is 275 g/mol. The van der Waals surface area contributed by atoms with Crippen molar-refractivity contribution in [3.05, 3.63) is 58.6 Å². The van der Waals surface area contributed by atoms with Crippen LogP contribution in [0.2, 0.25) is 5.02 Å². The van der Waals surface area contributed by atoms with Crippen molar-refractivity contribution in [1.82, 2.24) is 15.3 Å². The Hall–Kier alpha value is -1.45. The summed E-state index contributed by atoms with van der Waals surface area (Å²) in [7, 11) is 0. The Morgan fingerprint density at radius 1 is 1.32 bits per heavy atom. The van der Waals surface area contributed by atoms with Gasteiger partial charge in [-0.3, -0.25) is 9.97 Å². The maximum absolute atomic E-state index is 6.43. The summed E-state index contributed by atoms with van der Waals surface area (Å²) in [5.74, 6) is 0. The molecule has 0 aliphatic rings. The zero-order chi connectivity index (χ0) is 13.7. The molecule has 0 spiro atoms. The van der Waals surface area contributed by atoms with E-state index < -0.39 is 0 Å². The molecule has 1 N–H and O–H groups in total. The van der Waals surface area contributed by atoms with Crippen molar-refractivity contribution in [2.75, 3.05) is 6.54 Å². The number of benzene rings is 1. The molecule has 2 rings (SSSR count). The summed E-state index contributed by atoms with van der Waals surface area (Å²) in [5, 5.41) is 4.28. The lowest BCUT2D eigenvalue weighted by atomic mass is 10.0. The number of nitrogens with zero attached hydrogens (tertiary/aromatic N) is 2. The minimum atomic E-state index is -0.0129. The Morgan fingerprint density at radius 2 is 2.16 bits per heavy atom. The topological polar surface area (TPSA) is 37.8 Å². The van der Waals surface area contributed by atoms with Gasteiger partial charge in [-0.05, 0) is 31.0 Å². The van der Waals surface area contributed by atoms with Crippen molar-refractivity contribution in [2.45, 2.75) is 26.3 Å². The van der Waals surface area contributed by atoms with E-state index in [0.717, 1.165) is 34.8 Å². The van der Waals surface area contributed by atoms with Crippen LogP contribution in [0.15, 0.2) is 36.8 Å². The highest BCUT2D eigenvalue weighted by molar-refractivity contribution is 6.32. The molecule has 1 unspecified atom stereocenters. The third-order valence-corrected chi connectivity index (χ3v) is 3.53. The van der Waals surface area contributed by atoms with Gasteiger partial charge in [0.25, 0.3) is 0 Å². The molecule has 0 saturated heterocycles. The summed E-state index contributed by atoms with van der Waals surface area (Å²) in [6, 6.07) is 6.06. The van der Waals surface area contributed by atoms with E-state index in [1.165, 1.54) is 0 Å². The van der Waals surface area contributed by atoms with Gasteiger partial charge in [0.2, 0.25) is 0 Å². The predicted octanol–water partition coefficient (Wildman–Crippen LogP) is 3.53. The summed E-state index contributed by atoms with van der Waals surface area (Å²) in [6.45, 7) is 5.06. The van der Waals surface area contributed by atoms with Crippen molar-refractivity contribution >= 4 is 11.6 Å². The van der Waals surface area contributed by atoms with Crippen LogP contribution >= 0.6 is 11.6 Å². The first kappa shape index (κ1) is 14.0. The van der Waals surface area contributed by atoms with Crippen LogP contribution in [-0.2, 0) is 0 Å². The second kappa shape index (κ2) is 6.64. The second-order valence-electron chi connectivity index (χ2n) is 4.50. The minimum Gasteiger partial charge on any atom is -0.305 e. The number of rotatable bonds is 5. The molecule has 1 atom stereocenters. The molecule has 1 aromatic carbocycles. The highest BCUT2D eigenvalue weighted by Gasteiger charge is 2.18. The van der Waals surface area contributed by atoms with E-state index >= 15 is 0 Å². The first-order valence-electron chi connectivity index (χ1n) is 6.48. The van der Waals surface area contributed by atoms with E-state index in [4.69, 9.17) is 11.6 Å². The predicted molar refractivity (Wildman–Crippen MR) is 78.4 cm³/mol. The van der Waals surface area contributed by atoms with E-state index in [-0.39, 0.29) is 6.04 Å². The van der Waals surface area contributed by atoms with Gasteiger partial charge >= 0.3 is 0 Å². The normalized spacial score (nSPS) is 12.4.